The highest BCUT2D eigenvalue weighted by Crippen LogP contribution is 2.20. The van der Waals surface area contributed by atoms with Gasteiger partial charge in [-0.05, 0) is 6.92 Å². The lowest BCUT2D eigenvalue weighted by Crippen LogP contribution is -2.01. The maximum atomic E-state index is 5.11. The van der Waals surface area contributed by atoms with E-state index >= 15 is 0 Å². The lowest BCUT2D eigenvalue weighted by atomic mass is 10.1. The standard InChI is InChI=1S/C9H14N2O/c1-6(2)8-9(12-4)11-7(3)5-10-8/h5-6H,1-4H3. The van der Waals surface area contributed by atoms with Gasteiger partial charge in [-0.1, -0.05) is 13.8 Å². The first kappa shape index (κ1) is 8.97. The van der Waals surface area contributed by atoms with Crippen molar-refractivity contribution in [3.05, 3.63) is 17.6 Å². The number of rotatable bonds is 2. The molecule has 1 rings (SSSR count). The molecule has 0 aliphatic heterocycles. The molecular formula is C9H14N2O. The molecule has 3 nitrogen and oxygen atoms in total. The molecule has 0 N–H and O–H groups in total. The van der Waals surface area contributed by atoms with Crippen LogP contribution in [0.25, 0.3) is 0 Å². The fraction of sp³-hybridized carbons (Fsp3) is 0.556. The third-order valence-corrected chi connectivity index (χ3v) is 1.63. The molecule has 66 valence electrons. The summed E-state index contributed by atoms with van der Waals surface area (Å²) in [6.07, 6.45) is 1.76. The molecule has 0 aliphatic rings. The van der Waals surface area contributed by atoms with Crippen molar-refractivity contribution in [2.24, 2.45) is 0 Å². The van der Waals surface area contributed by atoms with Gasteiger partial charge in [-0.15, -0.1) is 0 Å². The highest BCUT2D eigenvalue weighted by Gasteiger charge is 2.09. The minimum atomic E-state index is 0.355. The molecule has 3 heteroatoms. The van der Waals surface area contributed by atoms with Crippen LogP contribution < -0.4 is 4.74 Å². The van der Waals surface area contributed by atoms with E-state index in [9.17, 15) is 0 Å². The number of aryl methyl sites for hydroxylation is 1. The van der Waals surface area contributed by atoms with E-state index in [1.807, 2.05) is 6.92 Å². The third-order valence-electron chi connectivity index (χ3n) is 1.63. The Kier molecular flexibility index (Phi) is 2.63. The fourth-order valence-electron chi connectivity index (χ4n) is 1.01. The Balaban J connectivity index is 3.11. The minimum Gasteiger partial charge on any atom is -0.480 e. The first-order valence-electron chi connectivity index (χ1n) is 4.02. The molecule has 0 unspecified atom stereocenters. The number of hydrogen-bond acceptors (Lipinski definition) is 3. The number of hydrogen-bond donors (Lipinski definition) is 0. The normalized spacial score (nSPS) is 10.4. The zero-order valence-corrected chi connectivity index (χ0v) is 7.96. The maximum Gasteiger partial charge on any atom is 0.235 e. The summed E-state index contributed by atoms with van der Waals surface area (Å²) < 4.78 is 5.11. The molecule has 1 aromatic heterocycles. The van der Waals surface area contributed by atoms with Gasteiger partial charge in [0.25, 0.3) is 0 Å². The van der Waals surface area contributed by atoms with Crippen molar-refractivity contribution >= 4 is 0 Å². The lowest BCUT2D eigenvalue weighted by molar-refractivity contribution is 0.385. The van der Waals surface area contributed by atoms with Crippen LogP contribution in [0, 0.1) is 6.92 Å². The van der Waals surface area contributed by atoms with Gasteiger partial charge in [-0.2, -0.15) is 0 Å². The molecule has 0 saturated heterocycles. The Morgan fingerprint density at radius 2 is 2.08 bits per heavy atom. The van der Waals surface area contributed by atoms with Gasteiger partial charge >= 0.3 is 0 Å². The second-order valence-corrected chi connectivity index (χ2v) is 3.06. The molecule has 0 aromatic carbocycles. The quantitative estimate of drug-likeness (QED) is 0.673. The molecular weight excluding hydrogens is 152 g/mol. The summed E-state index contributed by atoms with van der Waals surface area (Å²) in [5, 5.41) is 0. The summed E-state index contributed by atoms with van der Waals surface area (Å²) in [4.78, 5) is 8.49. The largest absolute Gasteiger partial charge is 0.480 e. The van der Waals surface area contributed by atoms with Crippen LogP contribution in [0.5, 0.6) is 5.88 Å². The van der Waals surface area contributed by atoms with Gasteiger partial charge in [-0.25, -0.2) is 4.98 Å². The Bertz CT molecular complexity index is 271. The van der Waals surface area contributed by atoms with Crippen LogP contribution in [0.2, 0.25) is 0 Å². The molecule has 0 amide bonds. The minimum absolute atomic E-state index is 0.355. The van der Waals surface area contributed by atoms with Crippen LogP contribution >= 0.6 is 0 Å². The van der Waals surface area contributed by atoms with Crippen molar-refractivity contribution in [2.75, 3.05) is 7.11 Å². The first-order valence-corrected chi connectivity index (χ1v) is 4.02. The molecule has 0 aliphatic carbocycles. The van der Waals surface area contributed by atoms with E-state index in [4.69, 9.17) is 4.74 Å². The van der Waals surface area contributed by atoms with Gasteiger partial charge in [0.1, 0.15) is 5.69 Å². The topological polar surface area (TPSA) is 35.0 Å². The SMILES string of the molecule is COc1nc(C)cnc1C(C)C. The maximum absolute atomic E-state index is 5.11. The highest BCUT2D eigenvalue weighted by atomic mass is 16.5. The number of aromatic nitrogens is 2. The van der Waals surface area contributed by atoms with E-state index in [2.05, 4.69) is 23.8 Å². The molecule has 0 fully saturated rings. The van der Waals surface area contributed by atoms with Crippen LogP contribution in [0.3, 0.4) is 0 Å². The number of methoxy groups -OCH3 is 1. The Morgan fingerprint density at radius 1 is 1.42 bits per heavy atom. The Morgan fingerprint density at radius 3 is 2.58 bits per heavy atom. The predicted molar refractivity (Wildman–Crippen MR) is 47.4 cm³/mol. The molecule has 0 spiro atoms. The average molecular weight is 166 g/mol. The second-order valence-electron chi connectivity index (χ2n) is 3.06. The average Bonchev–Trinajstić information content (AvgIpc) is 2.03. The van der Waals surface area contributed by atoms with Crippen molar-refractivity contribution in [1.29, 1.82) is 0 Å². The monoisotopic (exact) mass is 166 g/mol. The van der Waals surface area contributed by atoms with Gasteiger partial charge in [0.2, 0.25) is 5.88 Å². The molecule has 1 aromatic rings. The van der Waals surface area contributed by atoms with Crippen LogP contribution in [0.15, 0.2) is 6.20 Å². The lowest BCUT2D eigenvalue weighted by Gasteiger charge is -2.08. The number of ether oxygens (including phenoxy) is 1. The summed E-state index contributed by atoms with van der Waals surface area (Å²) in [5.74, 6) is 0.998. The molecule has 12 heavy (non-hydrogen) atoms. The van der Waals surface area contributed by atoms with Crippen LogP contribution in [-0.2, 0) is 0 Å². The van der Waals surface area contributed by atoms with Crippen molar-refractivity contribution in [3.63, 3.8) is 0 Å². The van der Waals surface area contributed by atoms with Crippen molar-refractivity contribution in [2.45, 2.75) is 26.7 Å². The van der Waals surface area contributed by atoms with Crippen molar-refractivity contribution < 1.29 is 4.74 Å². The predicted octanol–water partition coefficient (Wildman–Crippen LogP) is 1.92. The Hall–Kier alpha value is -1.12. The molecule has 0 bridgehead atoms. The molecule has 0 atom stereocenters. The smallest absolute Gasteiger partial charge is 0.235 e. The number of nitrogens with zero attached hydrogens (tertiary/aromatic N) is 2. The molecule has 1 heterocycles. The second kappa shape index (κ2) is 3.52. The zero-order chi connectivity index (χ0) is 9.14. The van der Waals surface area contributed by atoms with Gasteiger partial charge in [0.05, 0.1) is 12.8 Å². The van der Waals surface area contributed by atoms with E-state index in [-0.39, 0.29) is 0 Å². The third kappa shape index (κ3) is 1.72. The Labute approximate surface area is 72.8 Å². The van der Waals surface area contributed by atoms with Gasteiger partial charge in [0, 0.05) is 12.1 Å². The van der Waals surface area contributed by atoms with Crippen molar-refractivity contribution in [1.82, 2.24) is 9.97 Å². The van der Waals surface area contributed by atoms with Crippen molar-refractivity contribution in [3.8, 4) is 5.88 Å². The van der Waals surface area contributed by atoms with E-state index in [1.54, 1.807) is 13.3 Å². The van der Waals surface area contributed by atoms with Crippen LogP contribution in [-0.4, -0.2) is 17.1 Å². The molecule has 0 saturated carbocycles. The summed E-state index contributed by atoms with van der Waals surface area (Å²) in [5.41, 5.74) is 1.80. The summed E-state index contributed by atoms with van der Waals surface area (Å²) in [6.45, 7) is 6.04. The van der Waals surface area contributed by atoms with E-state index < -0.39 is 0 Å². The van der Waals surface area contributed by atoms with Gasteiger partial charge in [-0.3, -0.25) is 4.98 Å². The van der Waals surface area contributed by atoms with Gasteiger partial charge < -0.3 is 4.74 Å². The van der Waals surface area contributed by atoms with Gasteiger partial charge in [0.15, 0.2) is 0 Å². The van der Waals surface area contributed by atoms with E-state index in [0.29, 0.717) is 11.8 Å². The van der Waals surface area contributed by atoms with E-state index in [1.165, 1.54) is 0 Å². The van der Waals surface area contributed by atoms with E-state index in [0.717, 1.165) is 11.4 Å². The summed E-state index contributed by atoms with van der Waals surface area (Å²) in [6, 6.07) is 0. The van der Waals surface area contributed by atoms with Crippen LogP contribution in [0.4, 0.5) is 0 Å². The fourth-order valence-corrected chi connectivity index (χ4v) is 1.01. The first-order chi connectivity index (χ1) is 5.65. The van der Waals surface area contributed by atoms with Crippen LogP contribution in [0.1, 0.15) is 31.2 Å². The highest BCUT2D eigenvalue weighted by molar-refractivity contribution is 5.22. The summed E-state index contributed by atoms with van der Waals surface area (Å²) >= 11 is 0. The zero-order valence-electron chi connectivity index (χ0n) is 7.96. The summed E-state index contributed by atoms with van der Waals surface area (Å²) in [7, 11) is 1.62. The molecule has 0 radical (unpaired) electrons.